The van der Waals surface area contributed by atoms with Gasteiger partial charge in [0.2, 0.25) is 0 Å². The molecule has 0 bridgehead atoms. The lowest BCUT2D eigenvalue weighted by molar-refractivity contribution is 0.501. The van der Waals surface area contributed by atoms with E-state index in [1.165, 1.54) is 0 Å². The molecule has 7 nitrogen and oxygen atoms in total. The standard InChI is InChI=1S/C29H31F2N7/c1-14-11-19(12-15(2)25(14)30)38-28(24-16(3)17(4)32-10-9-22(24)36-38)29-34-18(5)27(35-29)20-7-8-23-21(26(20)31)13-33-37(23)6/h7-8,11-13,16-17,32H,9-10H2,1-6H3,(H,34,35)/t16-,17?/m1/s1. The van der Waals surface area contributed by atoms with Crippen LogP contribution < -0.4 is 5.32 Å². The molecule has 5 aromatic rings. The smallest absolute Gasteiger partial charge is 0.157 e. The molecule has 0 radical (unpaired) electrons. The number of fused-ring (bicyclic) bond motifs is 2. The third-order valence-corrected chi connectivity index (χ3v) is 7.93. The van der Waals surface area contributed by atoms with Gasteiger partial charge < -0.3 is 10.3 Å². The minimum absolute atomic E-state index is 0.149. The molecule has 0 spiro atoms. The van der Waals surface area contributed by atoms with Gasteiger partial charge in [-0.1, -0.05) is 6.92 Å². The zero-order chi connectivity index (χ0) is 26.9. The molecular formula is C29H31F2N7. The van der Waals surface area contributed by atoms with E-state index in [0.29, 0.717) is 33.6 Å². The van der Waals surface area contributed by atoms with E-state index in [9.17, 15) is 4.39 Å². The Morgan fingerprint density at radius 1 is 1.03 bits per heavy atom. The summed E-state index contributed by atoms with van der Waals surface area (Å²) in [5, 5.41) is 13.3. The maximum Gasteiger partial charge on any atom is 0.157 e. The first-order valence-corrected chi connectivity index (χ1v) is 13.0. The molecule has 196 valence electrons. The summed E-state index contributed by atoms with van der Waals surface area (Å²) in [6.45, 7) is 10.6. The molecule has 6 rings (SSSR count). The molecule has 0 aliphatic carbocycles. The van der Waals surface area contributed by atoms with Crippen molar-refractivity contribution in [3.63, 3.8) is 0 Å². The molecule has 0 fully saturated rings. The van der Waals surface area contributed by atoms with Gasteiger partial charge in [-0.2, -0.15) is 10.2 Å². The van der Waals surface area contributed by atoms with Crippen LogP contribution in [0.2, 0.25) is 0 Å². The summed E-state index contributed by atoms with van der Waals surface area (Å²) in [5.74, 6) is 0.196. The summed E-state index contributed by atoms with van der Waals surface area (Å²) in [6, 6.07) is 7.48. The number of rotatable bonds is 3. The van der Waals surface area contributed by atoms with Gasteiger partial charge in [0.05, 0.1) is 34.2 Å². The van der Waals surface area contributed by atoms with Crippen LogP contribution in [0.15, 0.2) is 30.5 Å². The third kappa shape index (κ3) is 3.67. The normalized spacial score (nSPS) is 17.7. The molecule has 1 unspecified atom stereocenters. The van der Waals surface area contributed by atoms with E-state index in [4.69, 9.17) is 10.1 Å². The van der Waals surface area contributed by atoms with Crippen molar-refractivity contribution in [1.29, 1.82) is 0 Å². The van der Waals surface area contributed by atoms with Crippen LogP contribution in [0.5, 0.6) is 0 Å². The number of nitrogens with zero attached hydrogens (tertiary/aromatic N) is 5. The highest BCUT2D eigenvalue weighted by atomic mass is 19.1. The van der Waals surface area contributed by atoms with Crippen LogP contribution in [0.1, 0.15) is 47.8 Å². The highest BCUT2D eigenvalue weighted by Gasteiger charge is 2.31. The van der Waals surface area contributed by atoms with Gasteiger partial charge in [0, 0.05) is 48.8 Å². The highest BCUT2D eigenvalue weighted by Crippen LogP contribution is 2.38. The molecule has 1 aliphatic heterocycles. The zero-order valence-corrected chi connectivity index (χ0v) is 22.4. The maximum absolute atomic E-state index is 15.6. The maximum atomic E-state index is 15.6. The Morgan fingerprint density at radius 2 is 1.76 bits per heavy atom. The summed E-state index contributed by atoms with van der Waals surface area (Å²) in [7, 11) is 1.79. The summed E-state index contributed by atoms with van der Waals surface area (Å²) < 4.78 is 33.7. The van der Waals surface area contributed by atoms with Crippen LogP contribution in [0.25, 0.3) is 39.4 Å². The van der Waals surface area contributed by atoms with Crippen molar-refractivity contribution in [2.45, 2.75) is 53.0 Å². The van der Waals surface area contributed by atoms with Crippen molar-refractivity contribution in [3.8, 4) is 28.5 Å². The fourth-order valence-corrected chi connectivity index (χ4v) is 5.66. The first-order valence-electron chi connectivity index (χ1n) is 13.0. The third-order valence-electron chi connectivity index (χ3n) is 7.93. The van der Waals surface area contributed by atoms with E-state index < -0.39 is 0 Å². The van der Waals surface area contributed by atoms with Crippen molar-refractivity contribution in [2.24, 2.45) is 7.05 Å². The number of nitrogens with one attached hydrogen (secondary N) is 2. The molecule has 9 heteroatoms. The fraction of sp³-hybridized carbons (Fsp3) is 0.345. The predicted octanol–water partition coefficient (Wildman–Crippen LogP) is 5.66. The van der Waals surface area contributed by atoms with Crippen molar-refractivity contribution in [2.75, 3.05) is 6.54 Å². The SMILES string of the molecule is Cc1cc(-n2nc3c(c2-c2nc(-c4ccc5c(cnn5C)c4F)c(C)[nH]2)[C@H](C)C(C)NCC3)cc(C)c1F. The number of halogens is 2. The number of benzene rings is 2. The number of hydrogen-bond donors (Lipinski definition) is 2. The minimum atomic E-state index is -0.347. The van der Waals surface area contributed by atoms with Gasteiger partial charge in [0.25, 0.3) is 0 Å². The van der Waals surface area contributed by atoms with Gasteiger partial charge in [-0.3, -0.25) is 4.68 Å². The van der Waals surface area contributed by atoms with E-state index in [1.54, 1.807) is 37.8 Å². The minimum Gasteiger partial charge on any atom is -0.340 e. The second-order valence-corrected chi connectivity index (χ2v) is 10.5. The number of H-pyrrole nitrogens is 1. The fourth-order valence-electron chi connectivity index (χ4n) is 5.66. The lowest BCUT2D eigenvalue weighted by Crippen LogP contribution is -2.30. The van der Waals surface area contributed by atoms with E-state index in [1.807, 2.05) is 29.8 Å². The first-order chi connectivity index (χ1) is 18.2. The molecule has 2 atom stereocenters. The topological polar surface area (TPSA) is 76.3 Å². The predicted molar refractivity (Wildman–Crippen MR) is 145 cm³/mol. The zero-order valence-electron chi connectivity index (χ0n) is 22.4. The molecule has 4 heterocycles. The Balaban J connectivity index is 1.59. The molecular weight excluding hydrogens is 484 g/mol. The van der Waals surface area contributed by atoms with Crippen LogP contribution in [0, 0.1) is 32.4 Å². The van der Waals surface area contributed by atoms with Crippen molar-refractivity contribution < 1.29 is 8.78 Å². The highest BCUT2D eigenvalue weighted by molar-refractivity contribution is 5.85. The monoisotopic (exact) mass is 515 g/mol. The lowest BCUT2D eigenvalue weighted by atomic mass is 9.92. The van der Waals surface area contributed by atoms with Crippen LogP contribution in [0.4, 0.5) is 8.78 Å². The molecule has 3 aromatic heterocycles. The lowest BCUT2D eigenvalue weighted by Gasteiger charge is -2.20. The Kier molecular flexibility index (Phi) is 5.72. The molecule has 0 amide bonds. The van der Waals surface area contributed by atoms with Gasteiger partial charge in [-0.05, 0) is 63.1 Å². The van der Waals surface area contributed by atoms with Crippen molar-refractivity contribution in [1.82, 2.24) is 34.8 Å². The largest absolute Gasteiger partial charge is 0.340 e. The van der Waals surface area contributed by atoms with E-state index in [0.717, 1.165) is 46.8 Å². The van der Waals surface area contributed by atoms with Crippen molar-refractivity contribution in [3.05, 3.63) is 70.2 Å². The van der Waals surface area contributed by atoms with E-state index in [-0.39, 0.29) is 23.6 Å². The molecule has 1 aliphatic rings. The quantitative estimate of drug-likeness (QED) is 0.325. The van der Waals surface area contributed by atoms with Gasteiger partial charge in [-0.25, -0.2) is 18.4 Å². The number of hydrogen-bond acceptors (Lipinski definition) is 4. The number of aryl methyl sites for hydroxylation is 4. The van der Waals surface area contributed by atoms with Crippen molar-refractivity contribution >= 4 is 10.9 Å². The summed E-state index contributed by atoms with van der Waals surface area (Å²) in [4.78, 5) is 8.39. The molecule has 0 saturated heterocycles. The van der Waals surface area contributed by atoms with Gasteiger partial charge in [-0.15, -0.1) is 0 Å². The first kappa shape index (κ1) is 24.5. The summed E-state index contributed by atoms with van der Waals surface area (Å²) in [5.41, 5.74) is 7.24. The Bertz CT molecular complexity index is 1680. The molecule has 0 saturated carbocycles. The van der Waals surface area contributed by atoms with Crippen LogP contribution in [-0.4, -0.2) is 42.1 Å². The van der Waals surface area contributed by atoms with Gasteiger partial charge in [0.1, 0.15) is 17.3 Å². The number of aromatic nitrogens is 6. The van der Waals surface area contributed by atoms with E-state index >= 15 is 4.39 Å². The van der Waals surface area contributed by atoms with Crippen LogP contribution in [-0.2, 0) is 13.5 Å². The summed E-state index contributed by atoms with van der Waals surface area (Å²) >= 11 is 0. The average Bonchev–Trinajstić information content (AvgIpc) is 3.54. The Hall–Kier alpha value is -3.85. The average molecular weight is 516 g/mol. The summed E-state index contributed by atoms with van der Waals surface area (Å²) in [6.07, 6.45) is 2.31. The Labute approximate surface area is 219 Å². The molecule has 38 heavy (non-hydrogen) atoms. The second-order valence-electron chi connectivity index (χ2n) is 10.5. The Morgan fingerprint density at radius 3 is 2.50 bits per heavy atom. The number of aromatic amines is 1. The number of imidazole rings is 1. The molecule has 2 aromatic carbocycles. The van der Waals surface area contributed by atoms with Gasteiger partial charge >= 0.3 is 0 Å². The molecule has 2 N–H and O–H groups in total. The van der Waals surface area contributed by atoms with Crippen LogP contribution >= 0.6 is 0 Å². The van der Waals surface area contributed by atoms with Gasteiger partial charge in [0.15, 0.2) is 5.82 Å². The van der Waals surface area contributed by atoms with E-state index in [2.05, 4.69) is 29.2 Å². The van der Waals surface area contributed by atoms with Crippen LogP contribution in [0.3, 0.4) is 0 Å². The second kappa shape index (κ2) is 8.87.